The quantitative estimate of drug-likeness (QED) is 0.286. The van der Waals surface area contributed by atoms with E-state index < -0.39 is 12.1 Å². The molecule has 1 unspecified atom stereocenters. The molecule has 0 bridgehead atoms. The minimum absolute atomic E-state index is 0.135. The molecule has 4 N–H and O–H groups in total. The van der Waals surface area contributed by atoms with Crippen molar-refractivity contribution in [3.05, 3.63) is 53.2 Å². The first-order valence-corrected chi connectivity index (χ1v) is 12.9. The van der Waals surface area contributed by atoms with Crippen LogP contribution in [0.1, 0.15) is 41.7 Å². The number of piperidine rings is 1. The van der Waals surface area contributed by atoms with Gasteiger partial charge in [0.05, 0.1) is 22.8 Å². The lowest BCUT2D eigenvalue weighted by Crippen LogP contribution is -2.37. The number of halogens is 5. The number of alkyl halides is 4. The number of aliphatic carboxylic acids is 1. The Balaban J connectivity index is 0.000000448. The molecule has 16 heteroatoms. The smallest absolute Gasteiger partial charge is 0.475 e. The number of carbonyl (C=O) groups is 2. The highest BCUT2D eigenvalue weighted by Gasteiger charge is 2.38. The number of anilines is 2. The van der Waals surface area contributed by atoms with Gasteiger partial charge in [0.2, 0.25) is 0 Å². The van der Waals surface area contributed by atoms with Gasteiger partial charge in [-0.15, -0.1) is 5.10 Å². The number of carboxylic acids is 1. The molecule has 4 aromatic heterocycles. The lowest BCUT2D eigenvalue weighted by molar-refractivity contribution is -0.192. The number of hydrogen-bond acceptors (Lipinski definition) is 7. The molecule has 0 saturated carbocycles. The number of aromatic nitrogens is 5. The predicted octanol–water partition coefficient (Wildman–Crippen LogP) is 4.10. The Labute approximate surface area is 232 Å². The third-order valence-corrected chi connectivity index (χ3v) is 7.30. The van der Waals surface area contributed by atoms with E-state index >= 15 is 0 Å². The van der Waals surface area contributed by atoms with Crippen LogP contribution in [-0.2, 0) is 4.79 Å². The summed E-state index contributed by atoms with van der Waals surface area (Å²) in [7, 11) is 0. The molecule has 0 spiro atoms. The highest BCUT2D eigenvalue weighted by Crippen LogP contribution is 2.35. The van der Waals surface area contributed by atoms with E-state index in [1.165, 1.54) is 4.52 Å². The van der Waals surface area contributed by atoms with E-state index in [1.807, 2.05) is 17.4 Å². The van der Waals surface area contributed by atoms with Gasteiger partial charge < -0.3 is 21.1 Å². The van der Waals surface area contributed by atoms with Crippen molar-refractivity contribution in [2.45, 2.75) is 36.8 Å². The molecule has 0 aromatic carbocycles. The molecule has 0 aliphatic carbocycles. The molecule has 1 saturated heterocycles. The number of nitrogens with zero attached hydrogens (tertiary/aromatic N) is 6. The number of hydrogen-bond donors (Lipinski definition) is 3. The predicted molar refractivity (Wildman–Crippen MR) is 141 cm³/mol. The zero-order valence-electron chi connectivity index (χ0n) is 20.4. The summed E-state index contributed by atoms with van der Waals surface area (Å²) in [6.45, 7) is 3.72. The van der Waals surface area contributed by atoms with Gasteiger partial charge in [0.15, 0.2) is 11.5 Å². The number of carbonyl (C=O) groups excluding carboxylic acids is 1. The zero-order chi connectivity index (χ0) is 28.5. The van der Waals surface area contributed by atoms with Gasteiger partial charge in [-0.2, -0.15) is 13.2 Å². The number of imidazole rings is 1. The van der Waals surface area contributed by atoms with E-state index in [0.717, 1.165) is 42.8 Å². The maximum atomic E-state index is 13.2. The van der Waals surface area contributed by atoms with E-state index in [0.29, 0.717) is 15.5 Å². The number of nitrogens with one attached hydrogen (secondary N) is 1. The summed E-state index contributed by atoms with van der Waals surface area (Å²) in [5.74, 6) is -1.97. The normalized spacial score (nSPS) is 15.2. The van der Waals surface area contributed by atoms with E-state index in [1.54, 1.807) is 31.0 Å². The van der Waals surface area contributed by atoms with Gasteiger partial charge in [0.25, 0.3) is 5.91 Å². The molecule has 1 aliphatic rings. The average Bonchev–Trinajstić information content (AvgIpc) is 3.49. The lowest BCUT2D eigenvalue weighted by Gasteiger charge is -2.34. The minimum atomic E-state index is -5.08. The number of amides is 1. The summed E-state index contributed by atoms with van der Waals surface area (Å²) in [6.07, 6.45) is 3.81. The third kappa shape index (κ3) is 6.03. The highest BCUT2D eigenvalue weighted by molar-refractivity contribution is 9.09. The molecular formula is C23H23BrClF3N8O3. The second-order valence-electron chi connectivity index (χ2n) is 8.73. The van der Waals surface area contributed by atoms with E-state index in [2.05, 4.69) is 41.2 Å². The molecule has 5 heterocycles. The summed E-state index contributed by atoms with van der Waals surface area (Å²) in [5.41, 5.74) is 8.45. The van der Waals surface area contributed by atoms with Crippen molar-refractivity contribution in [1.29, 1.82) is 0 Å². The Morgan fingerprint density at radius 2 is 1.97 bits per heavy atom. The molecule has 4 aromatic rings. The summed E-state index contributed by atoms with van der Waals surface area (Å²) < 4.78 is 35.2. The topological polar surface area (TPSA) is 143 Å². The molecule has 5 rings (SSSR count). The number of pyridine rings is 1. The molecule has 1 fully saturated rings. The van der Waals surface area contributed by atoms with Crippen LogP contribution >= 0.6 is 27.5 Å². The molecule has 11 nitrogen and oxygen atoms in total. The largest absolute Gasteiger partial charge is 0.490 e. The van der Waals surface area contributed by atoms with Crippen molar-refractivity contribution in [1.82, 2.24) is 29.3 Å². The Morgan fingerprint density at radius 3 is 2.62 bits per heavy atom. The fourth-order valence-electron chi connectivity index (χ4n) is 4.24. The van der Waals surface area contributed by atoms with E-state index in [-0.39, 0.29) is 23.3 Å². The number of carboxylic acid groups (broad SMARTS) is 1. The minimum Gasteiger partial charge on any atom is -0.475 e. The SMILES string of the molecule is CC(NC(=O)c1c(N)nn2cccnc12)c1cc(Cl)c2cncn2c1N1CCC(Br)CC1.O=C(O)C(F)(F)F. The zero-order valence-corrected chi connectivity index (χ0v) is 22.7. The standard InChI is InChI=1S/C21H22BrClN8O.C2HF3O2/c1-12(27-20(32)17-18(24)28-31-6-2-5-26-19(17)31)14-9-15(23)16-10-25-11-30(16)21(14)29-7-3-13(22)4-8-29;3-2(4,5)1(6)7/h2,5-6,9-13H,3-4,7-8H2,1H3,(H2,24,28)(H,27,32);(H,6,7). The summed E-state index contributed by atoms with van der Waals surface area (Å²) in [6, 6.07) is 3.30. The molecule has 1 amide bonds. The average molecular weight is 632 g/mol. The molecule has 208 valence electrons. The van der Waals surface area contributed by atoms with Crippen molar-refractivity contribution in [3.63, 3.8) is 0 Å². The molecule has 39 heavy (non-hydrogen) atoms. The van der Waals surface area contributed by atoms with Crippen LogP contribution in [0.25, 0.3) is 11.2 Å². The molecule has 1 aliphatic heterocycles. The van der Waals surface area contributed by atoms with Crippen LogP contribution in [0.5, 0.6) is 0 Å². The fraction of sp³-hybridized carbons (Fsp3) is 0.348. The number of nitrogens with two attached hydrogens (primary N) is 1. The lowest BCUT2D eigenvalue weighted by atomic mass is 10.1. The first kappa shape index (κ1) is 28.4. The van der Waals surface area contributed by atoms with Crippen LogP contribution < -0.4 is 16.0 Å². The van der Waals surface area contributed by atoms with Crippen LogP contribution in [0.3, 0.4) is 0 Å². The summed E-state index contributed by atoms with van der Waals surface area (Å²) >= 11 is 10.3. The molecule has 1 atom stereocenters. The Kier molecular flexibility index (Phi) is 8.20. The van der Waals surface area contributed by atoms with E-state index in [9.17, 15) is 18.0 Å². The van der Waals surface area contributed by atoms with Crippen molar-refractivity contribution < 1.29 is 27.9 Å². The van der Waals surface area contributed by atoms with Crippen molar-refractivity contribution in [3.8, 4) is 0 Å². The van der Waals surface area contributed by atoms with Crippen LogP contribution in [0, 0.1) is 0 Å². The fourth-order valence-corrected chi connectivity index (χ4v) is 4.90. The van der Waals surface area contributed by atoms with E-state index in [4.69, 9.17) is 27.2 Å². The van der Waals surface area contributed by atoms with Gasteiger partial charge in [0, 0.05) is 35.9 Å². The Hall–Kier alpha value is -3.59. The molecule has 0 radical (unpaired) electrons. The van der Waals surface area contributed by atoms with Gasteiger partial charge >= 0.3 is 12.1 Å². The maximum Gasteiger partial charge on any atom is 0.490 e. The maximum absolute atomic E-state index is 13.2. The van der Waals surface area contributed by atoms with Crippen LogP contribution in [0.2, 0.25) is 5.02 Å². The number of nitrogen functional groups attached to an aromatic ring is 1. The van der Waals surface area contributed by atoms with Gasteiger partial charge in [-0.1, -0.05) is 27.5 Å². The van der Waals surface area contributed by atoms with Crippen LogP contribution in [-0.4, -0.2) is 65.1 Å². The first-order chi connectivity index (χ1) is 18.4. The monoisotopic (exact) mass is 630 g/mol. The summed E-state index contributed by atoms with van der Waals surface area (Å²) in [4.78, 5) is 33.5. The van der Waals surface area contributed by atoms with Gasteiger partial charge in [-0.25, -0.2) is 19.3 Å². The van der Waals surface area contributed by atoms with Crippen LogP contribution in [0.4, 0.5) is 24.8 Å². The number of fused-ring (bicyclic) bond motifs is 2. The van der Waals surface area contributed by atoms with Gasteiger partial charge in [-0.05, 0) is 31.9 Å². The molecular weight excluding hydrogens is 609 g/mol. The van der Waals surface area contributed by atoms with Crippen molar-refractivity contribution in [2.24, 2.45) is 0 Å². The number of rotatable bonds is 4. The van der Waals surface area contributed by atoms with Gasteiger partial charge in [0.1, 0.15) is 17.7 Å². The third-order valence-electron chi connectivity index (χ3n) is 6.08. The van der Waals surface area contributed by atoms with Crippen molar-refractivity contribution in [2.75, 3.05) is 23.7 Å². The highest BCUT2D eigenvalue weighted by atomic mass is 79.9. The first-order valence-electron chi connectivity index (χ1n) is 11.6. The second-order valence-corrected chi connectivity index (χ2v) is 10.4. The van der Waals surface area contributed by atoms with Crippen molar-refractivity contribution >= 4 is 62.2 Å². The van der Waals surface area contributed by atoms with Crippen LogP contribution in [0.15, 0.2) is 37.1 Å². The van der Waals surface area contributed by atoms with Gasteiger partial charge in [-0.3, -0.25) is 9.20 Å². The summed E-state index contributed by atoms with van der Waals surface area (Å²) in [5, 5.41) is 15.0. The Bertz CT molecular complexity index is 1520. The Morgan fingerprint density at radius 1 is 1.31 bits per heavy atom. The second kappa shape index (κ2) is 11.3.